The van der Waals surface area contributed by atoms with E-state index in [1.807, 2.05) is 48.3 Å². The average molecular weight is 360 g/mol. The van der Waals surface area contributed by atoms with Gasteiger partial charge in [0.15, 0.2) is 15.7 Å². The fraction of sp³-hybridized carbons (Fsp3) is 0.444. The number of aromatic nitrogens is 2. The fourth-order valence-corrected chi connectivity index (χ4v) is 4.74. The van der Waals surface area contributed by atoms with Crippen LogP contribution in [0.3, 0.4) is 0 Å². The zero-order valence-electron chi connectivity index (χ0n) is 14.8. The number of nitrogens with one attached hydrogen (secondary N) is 1. The van der Waals surface area contributed by atoms with Crippen molar-refractivity contribution < 1.29 is 8.42 Å². The van der Waals surface area contributed by atoms with Crippen molar-refractivity contribution in [2.45, 2.75) is 32.4 Å². The number of anilines is 2. The first-order chi connectivity index (χ1) is 11.8. The van der Waals surface area contributed by atoms with E-state index in [4.69, 9.17) is 0 Å². The summed E-state index contributed by atoms with van der Waals surface area (Å²) in [7, 11) is -1.04. The molecule has 7 heteroatoms. The van der Waals surface area contributed by atoms with Gasteiger partial charge in [0.1, 0.15) is 11.6 Å². The van der Waals surface area contributed by atoms with E-state index < -0.39 is 9.84 Å². The number of hydrogen-bond acceptors (Lipinski definition) is 6. The molecule has 1 fully saturated rings. The van der Waals surface area contributed by atoms with Gasteiger partial charge >= 0.3 is 0 Å². The third-order valence-electron chi connectivity index (χ3n) is 4.30. The molecule has 0 saturated carbocycles. The average Bonchev–Trinajstić information content (AvgIpc) is 2.94. The molecule has 0 bridgehead atoms. The topological polar surface area (TPSA) is 75.2 Å². The third-order valence-corrected chi connectivity index (χ3v) is 6.05. The Balaban J connectivity index is 1.97. The second kappa shape index (κ2) is 7.00. The Kier molecular flexibility index (Phi) is 4.94. The van der Waals surface area contributed by atoms with Crippen LogP contribution in [0, 0.1) is 0 Å². The zero-order chi connectivity index (χ0) is 18.0. The van der Waals surface area contributed by atoms with Crippen LogP contribution in [0.25, 0.3) is 11.4 Å². The van der Waals surface area contributed by atoms with Gasteiger partial charge in [-0.2, -0.15) is 0 Å². The predicted molar refractivity (Wildman–Crippen MR) is 102 cm³/mol. The zero-order valence-corrected chi connectivity index (χ0v) is 15.6. The second-order valence-electron chi connectivity index (χ2n) is 6.77. The van der Waals surface area contributed by atoms with E-state index in [-0.39, 0.29) is 23.6 Å². The number of hydrogen-bond donors (Lipinski definition) is 1. The summed E-state index contributed by atoms with van der Waals surface area (Å²) in [6, 6.07) is 11.9. The van der Waals surface area contributed by atoms with Gasteiger partial charge in [-0.25, -0.2) is 18.4 Å². The Morgan fingerprint density at radius 2 is 1.92 bits per heavy atom. The Bertz CT molecular complexity index is 837. The van der Waals surface area contributed by atoms with Crippen molar-refractivity contribution in [2.75, 3.05) is 28.8 Å². The molecule has 2 heterocycles. The second-order valence-corrected chi connectivity index (χ2v) is 9.00. The minimum absolute atomic E-state index is 0.0459. The van der Waals surface area contributed by atoms with Crippen molar-refractivity contribution in [1.82, 2.24) is 9.97 Å². The molecule has 0 spiro atoms. The van der Waals surface area contributed by atoms with Gasteiger partial charge in [0.05, 0.1) is 11.5 Å². The van der Waals surface area contributed by atoms with E-state index in [0.29, 0.717) is 12.2 Å². The van der Waals surface area contributed by atoms with Gasteiger partial charge < -0.3 is 10.2 Å². The van der Waals surface area contributed by atoms with Gasteiger partial charge in [0.25, 0.3) is 0 Å². The lowest BCUT2D eigenvalue weighted by Gasteiger charge is -2.25. The Morgan fingerprint density at radius 1 is 1.20 bits per heavy atom. The van der Waals surface area contributed by atoms with Crippen LogP contribution in [0.2, 0.25) is 0 Å². The molecule has 3 rings (SSSR count). The first-order valence-corrected chi connectivity index (χ1v) is 10.3. The molecule has 0 amide bonds. The van der Waals surface area contributed by atoms with Gasteiger partial charge in [-0.1, -0.05) is 30.3 Å². The molecule has 1 aromatic carbocycles. The smallest absolute Gasteiger partial charge is 0.163 e. The lowest BCUT2D eigenvalue weighted by atomic mass is 10.2. The highest BCUT2D eigenvalue weighted by Crippen LogP contribution is 2.26. The minimum atomic E-state index is -2.94. The summed E-state index contributed by atoms with van der Waals surface area (Å²) in [5.41, 5.74) is 0.934. The Morgan fingerprint density at radius 3 is 2.52 bits per heavy atom. The van der Waals surface area contributed by atoms with Crippen LogP contribution >= 0.6 is 0 Å². The maximum Gasteiger partial charge on any atom is 0.163 e. The normalized spacial score (nSPS) is 19.1. The van der Waals surface area contributed by atoms with Crippen molar-refractivity contribution >= 4 is 21.5 Å². The van der Waals surface area contributed by atoms with Gasteiger partial charge in [-0.05, 0) is 20.3 Å². The molecule has 134 valence electrons. The summed E-state index contributed by atoms with van der Waals surface area (Å²) in [5, 5.41) is 3.32. The molecule has 1 atom stereocenters. The molecule has 1 aliphatic rings. The van der Waals surface area contributed by atoms with Gasteiger partial charge in [-0.15, -0.1) is 0 Å². The van der Waals surface area contributed by atoms with E-state index >= 15 is 0 Å². The van der Waals surface area contributed by atoms with E-state index in [2.05, 4.69) is 29.1 Å². The number of benzene rings is 1. The predicted octanol–water partition coefficient (Wildman–Crippen LogP) is 2.59. The Labute approximate surface area is 149 Å². The highest BCUT2D eigenvalue weighted by atomic mass is 32.2. The van der Waals surface area contributed by atoms with Crippen molar-refractivity contribution in [1.29, 1.82) is 0 Å². The Hall–Kier alpha value is -2.15. The minimum Gasteiger partial charge on any atom is -0.368 e. The van der Waals surface area contributed by atoms with Crippen LogP contribution in [0.4, 0.5) is 11.6 Å². The van der Waals surface area contributed by atoms with Crippen molar-refractivity contribution in [2.24, 2.45) is 0 Å². The van der Waals surface area contributed by atoms with Crippen LogP contribution in [0.15, 0.2) is 36.4 Å². The van der Waals surface area contributed by atoms with E-state index in [1.165, 1.54) is 0 Å². The van der Waals surface area contributed by atoms with Crippen LogP contribution in [0.1, 0.15) is 20.3 Å². The van der Waals surface area contributed by atoms with Crippen LogP contribution in [0.5, 0.6) is 0 Å². The van der Waals surface area contributed by atoms with E-state index in [9.17, 15) is 8.42 Å². The maximum absolute atomic E-state index is 11.8. The number of sulfone groups is 1. The van der Waals surface area contributed by atoms with E-state index in [1.54, 1.807) is 0 Å². The molecule has 1 aliphatic heterocycles. The lowest BCUT2D eigenvalue weighted by Crippen LogP contribution is -2.33. The quantitative estimate of drug-likeness (QED) is 0.883. The summed E-state index contributed by atoms with van der Waals surface area (Å²) in [5.74, 6) is 2.54. The number of rotatable bonds is 5. The molecular weight excluding hydrogens is 336 g/mol. The largest absolute Gasteiger partial charge is 0.368 e. The highest BCUT2D eigenvalue weighted by Gasteiger charge is 2.31. The standard InChI is InChI=1S/C18H24N4O2S/c1-13(2)19-16-11-17(22(3)15-9-10-25(23,24)12-15)21-18(20-16)14-7-5-4-6-8-14/h4-8,11,13,15H,9-10,12H2,1-3H3,(H,19,20,21). The van der Waals surface area contributed by atoms with Crippen molar-refractivity contribution in [3.63, 3.8) is 0 Å². The molecule has 0 radical (unpaired) electrons. The van der Waals surface area contributed by atoms with Crippen LogP contribution in [-0.4, -0.2) is 49.0 Å². The summed E-state index contributed by atoms with van der Waals surface area (Å²) in [6.45, 7) is 4.11. The number of nitrogens with zero attached hydrogens (tertiary/aromatic N) is 3. The molecule has 1 aromatic heterocycles. The summed E-state index contributed by atoms with van der Waals surface area (Å²) in [6.07, 6.45) is 0.635. The molecule has 1 N–H and O–H groups in total. The molecular formula is C18H24N4O2S. The van der Waals surface area contributed by atoms with Gasteiger partial charge in [0, 0.05) is 30.8 Å². The summed E-state index contributed by atoms with van der Waals surface area (Å²) >= 11 is 0. The van der Waals surface area contributed by atoms with Crippen molar-refractivity contribution in [3.8, 4) is 11.4 Å². The SMILES string of the molecule is CC(C)Nc1cc(N(C)C2CCS(=O)(=O)C2)nc(-c2ccccc2)n1. The lowest BCUT2D eigenvalue weighted by molar-refractivity contribution is 0.600. The van der Waals surface area contributed by atoms with Gasteiger partial charge in [0.2, 0.25) is 0 Å². The van der Waals surface area contributed by atoms with Crippen LogP contribution < -0.4 is 10.2 Å². The van der Waals surface area contributed by atoms with E-state index in [0.717, 1.165) is 17.2 Å². The molecule has 1 unspecified atom stereocenters. The third kappa shape index (κ3) is 4.28. The highest BCUT2D eigenvalue weighted by molar-refractivity contribution is 7.91. The molecule has 2 aromatic rings. The molecule has 6 nitrogen and oxygen atoms in total. The molecule has 1 saturated heterocycles. The van der Waals surface area contributed by atoms with Crippen molar-refractivity contribution in [3.05, 3.63) is 36.4 Å². The monoisotopic (exact) mass is 360 g/mol. The fourth-order valence-electron chi connectivity index (χ4n) is 2.97. The summed E-state index contributed by atoms with van der Waals surface area (Å²) in [4.78, 5) is 11.3. The maximum atomic E-state index is 11.8. The first-order valence-electron chi connectivity index (χ1n) is 8.48. The van der Waals surface area contributed by atoms with Crippen LogP contribution in [-0.2, 0) is 9.84 Å². The summed E-state index contributed by atoms with van der Waals surface area (Å²) < 4.78 is 23.6. The van der Waals surface area contributed by atoms with Gasteiger partial charge in [-0.3, -0.25) is 0 Å². The first kappa shape index (κ1) is 17.7. The molecule has 25 heavy (non-hydrogen) atoms. The molecule has 0 aliphatic carbocycles.